The molecular formula is C13H15NO5S. The van der Waals surface area contributed by atoms with Gasteiger partial charge in [-0.1, -0.05) is 6.42 Å². The van der Waals surface area contributed by atoms with Crippen LogP contribution in [0.15, 0.2) is 29.2 Å². The second-order valence-electron chi connectivity index (χ2n) is 5.02. The third-order valence-electron chi connectivity index (χ3n) is 3.73. The molecule has 1 fully saturated rings. The zero-order chi connectivity index (χ0) is 14.8. The number of carbonyl (C=O) groups is 1. The van der Waals surface area contributed by atoms with E-state index in [0.717, 1.165) is 25.5 Å². The van der Waals surface area contributed by atoms with Crippen molar-refractivity contribution in [2.24, 2.45) is 11.8 Å². The third kappa shape index (κ3) is 3.04. The fourth-order valence-electron chi connectivity index (χ4n) is 2.60. The molecule has 0 aromatic heterocycles. The molecule has 0 bridgehead atoms. The van der Waals surface area contributed by atoms with Crippen LogP contribution in [-0.2, 0) is 14.6 Å². The lowest BCUT2D eigenvalue weighted by atomic mass is 10.0. The fraction of sp³-hybridized carbons (Fsp3) is 0.462. The number of hydrogen-bond donors (Lipinski definition) is 0. The summed E-state index contributed by atoms with van der Waals surface area (Å²) in [4.78, 5) is 20.9. The highest BCUT2D eigenvalue weighted by Crippen LogP contribution is 2.32. The SMILES string of the molecule is O=C[C@H]1CCC[C@@H]1CS(=O)(=O)c1ccc([N+](=O)[O-])cc1. The van der Waals surface area contributed by atoms with Crippen LogP contribution in [0.3, 0.4) is 0 Å². The summed E-state index contributed by atoms with van der Waals surface area (Å²) in [5, 5.41) is 10.5. The van der Waals surface area contributed by atoms with Gasteiger partial charge in [0.1, 0.15) is 6.29 Å². The van der Waals surface area contributed by atoms with Crippen molar-refractivity contribution in [1.82, 2.24) is 0 Å². The van der Waals surface area contributed by atoms with Crippen LogP contribution in [0.25, 0.3) is 0 Å². The lowest BCUT2D eigenvalue weighted by molar-refractivity contribution is -0.384. The summed E-state index contributed by atoms with van der Waals surface area (Å²) in [6.07, 6.45) is 3.17. The summed E-state index contributed by atoms with van der Waals surface area (Å²) in [7, 11) is -3.51. The molecular weight excluding hydrogens is 282 g/mol. The normalized spacial score (nSPS) is 22.6. The van der Waals surface area contributed by atoms with Gasteiger partial charge in [0.25, 0.3) is 5.69 Å². The number of nitrogens with zero attached hydrogens (tertiary/aromatic N) is 1. The van der Waals surface area contributed by atoms with Gasteiger partial charge in [0.2, 0.25) is 0 Å². The maximum absolute atomic E-state index is 12.2. The zero-order valence-electron chi connectivity index (χ0n) is 10.8. The standard InChI is InChI=1S/C13H15NO5S/c15-8-10-2-1-3-11(10)9-20(18,19)13-6-4-12(5-7-13)14(16)17/h4-8,10-11H,1-3,9H2/t10-,11-/m1/s1. The van der Waals surface area contributed by atoms with Crippen molar-refractivity contribution < 1.29 is 18.1 Å². The van der Waals surface area contributed by atoms with E-state index in [0.29, 0.717) is 0 Å². The van der Waals surface area contributed by atoms with Gasteiger partial charge in [-0.05, 0) is 30.9 Å². The second-order valence-corrected chi connectivity index (χ2v) is 7.06. The highest BCUT2D eigenvalue weighted by atomic mass is 32.2. The van der Waals surface area contributed by atoms with E-state index in [2.05, 4.69) is 0 Å². The van der Waals surface area contributed by atoms with Gasteiger partial charge in [-0.25, -0.2) is 8.42 Å². The smallest absolute Gasteiger partial charge is 0.269 e. The van der Waals surface area contributed by atoms with E-state index in [1.54, 1.807) is 0 Å². The molecule has 1 aromatic rings. The molecule has 0 unspecified atom stereocenters. The Bertz CT molecular complexity index is 608. The Morgan fingerprint density at radius 1 is 1.25 bits per heavy atom. The summed E-state index contributed by atoms with van der Waals surface area (Å²) in [6.45, 7) is 0. The number of aldehydes is 1. The molecule has 0 saturated heterocycles. The molecule has 0 N–H and O–H groups in total. The molecule has 108 valence electrons. The Kier molecular flexibility index (Phi) is 4.17. The van der Waals surface area contributed by atoms with E-state index in [9.17, 15) is 23.3 Å². The van der Waals surface area contributed by atoms with Crippen molar-refractivity contribution in [2.75, 3.05) is 5.75 Å². The Labute approximate surface area is 116 Å². The van der Waals surface area contributed by atoms with Crippen molar-refractivity contribution in [3.63, 3.8) is 0 Å². The van der Waals surface area contributed by atoms with Crippen LogP contribution in [0.5, 0.6) is 0 Å². The summed E-state index contributed by atoms with van der Waals surface area (Å²) >= 11 is 0. The molecule has 2 atom stereocenters. The minimum atomic E-state index is -3.51. The highest BCUT2D eigenvalue weighted by Gasteiger charge is 2.31. The predicted octanol–water partition coefficient (Wildman–Crippen LogP) is 1.98. The Morgan fingerprint density at radius 2 is 1.90 bits per heavy atom. The van der Waals surface area contributed by atoms with Crippen LogP contribution in [-0.4, -0.2) is 25.4 Å². The molecule has 6 nitrogen and oxygen atoms in total. The maximum atomic E-state index is 12.2. The Morgan fingerprint density at radius 3 is 2.45 bits per heavy atom. The topological polar surface area (TPSA) is 94.3 Å². The monoisotopic (exact) mass is 297 g/mol. The van der Waals surface area contributed by atoms with E-state index in [1.165, 1.54) is 24.3 Å². The third-order valence-corrected chi connectivity index (χ3v) is 5.59. The van der Waals surface area contributed by atoms with Gasteiger partial charge in [-0.3, -0.25) is 10.1 Å². The Hall–Kier alpha value is -1.76. The van der Waals surface area contributed by atoms with E-state index < -0.39 is 14.8 Å². The predicted molar refractivity (Wildman–Crippen MR) is 72.0 cm³/mol. The molecule has 1 aromatic carbocycles. The van der Waals surface area contributed by atoms with E-state index in [4.69, 9.17) is 0 Å². The highest BCUT2D eigenvalue weighted by molar-refractivity contribution is 7.91. The number of rotatable bonds is 5. The average molecular weight is 297 g/mol. The van der Waals surface area contributed by atoms with Gasteiger partial charge in [0.05, 0.1) is 15.6 Å². The van der Waals surface area contributed by atoms with Gasteiger partial charge >= 0.3 is 0 Å². The van der Waals surface area contributed by atoms with Gasteiger partial charge < -0.3 is 4.79 Å². The van der Waals surface area contributed by atoms with Crippen LogP contribution in [0, 0.1) is 22.0 Å². The number of non-ortho nitro benzene ring substituents is 1. The molecule has 7 heteroatoms. The van der Waals surface area contributed by atoms with Crippen LogP contribution >= 0.6 is 0 Å². The molecule has 1 aliphatic carbocycles. The number of benzene rings is 1. The fourth-order valence-corrected chi connectivity index (χ4v) is 4.33. The number of nitro benzene ring substituents is 1. The molecule has 0 radical (unpaired) electrons. The van der Waals surface area contributed by atoms with E-state index in [-0.39, 0.29) is 28.2 Å². The summed E-state index contributed by atoms with van der Waals surface area (Å²) in [5.41, 5.74) is -0.143. The van der Waals surface area contributed by atoms with E-state index in [1.807, 2.05) is 0 Å². The first-order chi connectivity index (χ1) is 9.44. The van der Waals surface area contributed by atoms with Crippen molar-refractivity contribution in [3.05, 3.63) is 34.4 Å². The number of hydrogen-bond acceptors (Lipinski definition) is 5. The quantitative estimate of drug-likeness (QED) is 0.470. The molecule has 2 rings (SSSR count). The first-order valence-corrected chi connectivity index (χ1v) is 8.02. The summed E-state index contributed by atoms with van der Waals surface area (Å²) in [6, 6.07) is 4.86. The first-order valence-electron chi connectivity index (χ1n) is 6.36. The van der Waals surface area contributed by atoms with Gasteiger partial charge in [0, 0.05) is 18.1 Å². The number of carbonyl (C=O) groups excluding carboxylic acids is 1. The average Bonchev–Trinajstić information content (AvgIpc) is 2.85. The summed E-state index contributed by atoms with van der Waals surface area (Å²) < 4.78 is 24.5. The minimum absolute atomic E-state index is 0.0691. The van der Waals surface area contributed by atoms with Crippen LogP contribution in [0.2, 0.25) is 0 Å². The van der Waals surface area contributed by atoms with Crippen LogP contribution in [0.1, 0.15) is 19.3 Å². The van der Waals surface area contributed by atoms with Crippen molar-refractivity contribution in [2.45, 2.75) is 24.2 Å². The number of sulfone groups is 1. The molecule has 0 spiro atoms. The van der Waals surface area contributed by atoms with E-state index >= 15 is 0 Å². The van der Waals surface area contributed by atoms with Crippen molar-refractivity contribution >= 4 is 21.8 Å². The Balaban J connectivity index is 2.17. The molecule has 0 heterocycles. The molecule has 1 saturated carbocycles. The van der Waals surface area contributed by atoms with Crippen molar-refractivity contribution in [3.8, 4) is 0 Å². The van der Waals surface area contributed by atoms with Gasteiger partial charge in [-0.15, -0.1) is 0 Å². The lowest BCUT2D eigenvalue weighted by Gasteiger charge is -2.14. The lowest BCUT2D eigenvalue weighted by Crippen LogP contribution is -2.20. The summed E-state index contributed by atoms with van der Waals surface area (Å²) in [5.74, 6) is -0.413. The molecule has 0 aliphatic heterocycles. The van der Waals surface area contributed by atoms with Crippen molar-refractivity contribution in [1.29, 1.82) is 0 Å². The largest absolute Gasteiger partial charge is 0.303 e. The van der Waals surface area contributed by atoms with Gasteiger partial charge in [-0.2, -0.15) is 0 Å². The zero-order valence-corrected chi connectivity index (χ0v) is 11.6. The van der Waals surface area contributed by atoms with Crippen LogP contribution < -0.4 is 0 Å². The molecule has 1 aliphatic rings. The minimum Gasteiger partial charge on any atom is -0.303 e. The molecule has 0 amide bonds. The second kappa shape index (κ2) is 5.70. The molecule has 20 heavy (non-hydrogen) atoms. The van der Waals surface area contributed by atoms with Crippen LogP contribution in [0.4, 0.5) is 5.69 Å². The van der Waals surface area contributed by atoms with Gasteiger partial charge in [0.15, 0.2) is 9.84 Å². The first kappa shape index (κ1) is 14.6. The maximum Gasteiger partial charge on any atom is 0.269 e. The number of nitro groups is 1.